The van der Waals surface area contributed by atoms with Gasteiger partial charge in [0.05, 0.1) is 5.39 Å². The number of carbonyl (C=O) groups is 1. The first kappa shape index (κ1) is 14.9. The number of rotatable bonds is 4. The monoisotopic (exact) mass is 331 g/mol. The van der Waals surface area contributed by atoms with Crippen molar-refractivity contribution < 1.29 is 4.79 Å². The molecule has 3 atom stereocenters. The molecule has 3 unspecified atom stereocenters. The first-order valence-electron chi connectivity index (χ1n) is 8.44. The van der Waals surface area contributed by atoms with E-state index in [4.69, 9.17) is 0 Å². The molecule has 0 aliphatic heterocycles. The van der Waals surface area contributed by atoms with Gasteiger partial charge in [0.2, 0.25) is 5.91 Å². The summed E-state index contributed by atoms with van der Waals surface area (Å²) in [6.07, 6.45) is 6.21. The average molecular weight is 331 g/mol. The van der Waals surface area contributed by atoms with Crippen molar-refractivity contribution in [3.05, 3.63) is 27.6 Å². The van der Waals surface area contributed by atoms with E-state index in [1.165, 1.54) is 41.7 Å². The first-order chi connectivity index (χ1) is 11.2. The Morgan fingerprint density at radius 2 is 2.30 bits per heavy atom. The van der Waals surface area contributed by atoms with Gasteiger partial charge in [-0.2, -0.15) is 0 Å². The smallest absolute Gasteiger partial charge is 0.273 e. The SMILES string of the molecule is CCc1nc2sccc2c(=O)n1NC(=O)CC1CC2CCC1C2. The second-order valence-corrected chi connectivity index (χ2v) is 7.73. The van der Waals surface area contributed by atoms with E-state index in [0.29, 0.717) is 35.9 Å². The van der Waals surface area contributed by atoms with E-state index in [-0.39, 0.29) is 11.5 Å². The van der Waals surface area contributed by atoms with Gasteiger partial charge in [0.25, 0.3) is 5.56 Å². The van der Waals surface area contributed by atoms with Crippen LogP contribution in [-0.2, 0) is 11.2 Å². The average Bonchev–Trinajstić information content (AvgIpc) is 3.25. The molecule has 0 saturated heterocycles. The molecule has 4 rings (SSSR count). The van der Waals surface area contributed by atoms with Crippen LogP contribution in [0.5, 0.6) is 0 Å². The summed E-state index contributed by atoms with van der Waals surface area (Å²) in [5, 5.41) is 2.44. The summed E-state index contributed by atoms with van der Waals surface area (Å²) >= 11 is 1.46. The van der Waals surface area contributed by atoms with Gasteiger partial charge in [0.1, 0.15) is 10.7 Å². The molecule has 2 aromatic rings. The summed E-state index contributed by atoms with van der Waals surface area (Å²) < 4.78 is 1.35. The Labute approximate surface area is 138 Å². The summed E-state index contributed by atoms with van der Waals surface area (Å²) in [6.45, 7) is 1.94. The van der Waals surface area contributed by atoms with Crippen LogP contribution in [0.1, 0.15) is 44.9 Å². The van der Waals surface area contributed by atoms with Gasteiger partial charge in [-0.15, -0.1) is 11.3 Å². The molecule has 2 bridgehead atoms. The van der Waals surface area contributed by atoms with Crippen LogP contribution in [0, 0.1) is 17.8 Å². The van der Waals surface area contributed by atoms with Gasteiger partial charge in [-0.1, -0.05) is 13.3 Å². The number of nitrogens with zero attached hydrogens (tertiary/aromatic N) is 2. The maximum Gasteiger partial charge on any atom is 0.281 e. The van der Waals surface area contributed by atoms with Crippen LogP contribution in [0.15, 0.2) is 16.2 Å². The number of hydrogen-bond acceptors (Lipinski definition) is 4. The predicted molar refractivity (Wildman–Crippen MR) is 91.2 cm³/mol. The van der Waals surface area contributed by atoms with Gasteiger partial charge in [-0.3, -0.25) is 15.0 Å². The minimum atomic E-state index is -0.172. The fourth-order valence-corrected chi connectivity index (χ4v) is 5.12. The normalized spacial score (nSPS) is 26.0. The Hall–Kier alpha value is -1.69. The zero-order valence-electron chi connectivity index (χ0n) is 13.2. The van der Waals surface area contributed by atoms with E-state index in [2.05, 4.69) is 10.4 Å². The minimum Gasteiger partial charge on any atom is -0.273 e. The summed E-state index contributed by atoms with van der Waals surface area (Å²) in [7, 11) is 0. The molecule has 2 aliphatic rings. The van der Waals surface area contributed by atoms with Crippen LogP contribution in [0.25, 0.3) is 10.2 Å². The van der Waals surface area contributed by atoms with Gasteiger partial charge in [-0.25, -0.2) is 9.66 Å². The number of thiophene rings is 1. The standard InChI is InChI=1S/C17H21N3O2S/c1-2-14-18-16-13(5-6-23-16)17(22)20(14)19-15(21)9-12-8-10-3-4-11(12)7-10/h5-6,10-12H,2-4,7-9H2,1H3,(H,19,21). The molecule has 1 N–H and O–H groups in total. The quantitative estimate of drug-likeness (QED) is 0.937. The van der Waals surface area contributed by atoms with Crippen molar-refractivity contribution in [3.63, 3.8) is 0 Å². The van der Waals surface area contributed by atoms with Gasteiger partial charge in [0.15, 0.2) is 0 Å². The number of nitrogens with one attached hydrogen (secondary N) is 1. The lowest BCUT2D eigenvalue weighted by Gasteiger charge is -2.21. The van der Waals surface area contributed by atoms with E-state index in [0.717, 1.165) is 10.7 Å². The summed E-state index contributed by atoms with van der Waals surface area (Å²) in [6, 6.07) is 1.77. The first-order valence-corrected chi connectivity index (χ1v) is 9.32. The molecule has 1 amide bonds. The molecule has 0 radical (unpaired) electrons. The molecule has 2 fully saturated rings. The largest absolute Gasteiger partial charge is 0.281 e. The van der Waals surface area contributed by atoms with Gasteiger partial charge in [0, 0.05) is 12.8 Å². The third-order valence-corrected chi connectivity index (χ3v) is 6.26. The van der Waals surface area contributed by atoms with Crippen LogP contribution in [0.2, 0.25) is 0 Å². The Morgan fingerprint density at radius 3 is 3.00 bits per heavy atom. The van der Waals surface area contributed by atoms with Crippen LogP contribution in [0.4, 0.5) is 0 Å². The Kier molecular flexibility index (Phi) is 3.71. The fourth-order valence-electron chi connectivity index (χ4n) is 4.34. The molecular weight excluding hydrogens is 310 g/mol. The van der Waals surface area contributed by atoms with Crippen LogP contribution in [0.3, 0.4) is 0 Å². The lowest BCUT2D eigenvalue weighted by atomic mass is 9.86. The molecule has 2 heterocycles. The third kappa shape index (κ3) is 2.59. The number of aryl methyl sites for hydroxylation is 1. The molecule has 122 valence electrons. The van der Waals surface area contributed by atoms with Crippen molar-refractivity contribution in [1.82, 2.24) is 9.66 Å². The fraction of sp³-hybridized carbons (Fsp3) is 0.588. The zero-order valence-corrected chi connectivity index (χ0v) is 14.1. The van der Waals surface area contributed by atoms with Crippen molar-refractivity contribution in [2.75, 3.05) is 5.43 Å². The maximum atomic E-state index is 12.6. The summed E-state index contributed by atoms with van der Waals surface area (Å²) in [5.41, 5.74) is 2.63. The highest BCUT2D eigenvalue weighted by molar-refractivity contribution is 7.16. The van der Waals surface area contributed by atoms with Gasteiger partial charge in [-0.05, 0) is 48.5 Å². The third-order valence-electron chi connectivity index (χ3n) is 5.45. The van der Waals surface area contributed by atoms with Crippen molar-refractivity contribution in [3.8, 4) is 0 Å². The molecule has 2 saturated carbocycles. The van der Waals surface area contributed by atoms with Gasteiger partial charge < -0.3 is 0 Å². The molecule has 5 nitrogen and oxygen atoms in total. The highest BCUT2D eigenvalue weighted by Gasteiger charge is 2.40. The molecular formula is C17H21N3O2S. The molecule has 23 heavy (non-hydrogen) atoms. The van der Waals surface area contributed by atoms with Crippen LogP contribution >= 0.6 is 11.3 Å². The number of amides is 1. The molecule has 0 aromatic carbocycles. The van der Waals surface area contributed by atoms with Crippen molar-refractivity contribution in [1.29, 1.82) is 0 Å². The van der Waals surface area contributed by atoms with E-state index < -0.39 is 0 Å². The van der Waals surface area contributed by atoms with Crippen LogP contribution in [-0.4, -0.2) is 15.6 Å². The Bertz CT molecular complexity index is 810. The van der Waals surface area contributed by atoms with E-state index in [1.54, 1.807) is 6.07 Å². The molecule has 2 aliphatic carbocycles. The van der Waals surface area contributed by atoms with E-state index in [9.17, 15) is 9.59 Å². The lowest BCUT2D eigenvalue weighted by Crippen LogP contribution is -2.37. The highest BCUT2D eigenvalue weighted by Crippen LogP contribution is 2.49. The Morgan fingerprint density at radius 1 is 1.43 bits per heavy atom. The Balaban J connectivity index is 1.55. The van der Waals surface area contributed by atoms with Crippen LogP contribution < -0.4 is 11.0 Å². The number of aromatic nitrogens is 2. The number of fused-ring (bicyclic) bond motifs is 3. The molecule has 0 spiro atoms. The van der Waals surface area contributed by atoms with Crippen molar-refractivity contribution >= 4 is 27.5 Å². The summed E-state index contributed by atoms with van der Waals surface area (Å²) in [4.78, 5) is 30.3. The molecule has 2 aromatic heterocycles. The van der Waals surface area contributed by atoms with E-state index in [1.807, 2.05) is 12.3 Å². The maximum absolute atomic E-state index is 12.6. The van der Waals surface area contributed by atoms with E-state index >= 15 is 0 Å². The van der Waals surface area contributed by atoms with Crippen molar-refractivity contribution in [2.24, 2.45) is 17.8 Å². The topological polar surface area (TPSA) is 64.0 Å². The second-order valence-electron chi connectivity index (χ2n) is 6.84. The molecule has 6 heteroatoms. The number of carbonyl (C=O) groups excluding carboxylic acids is 1. The summed E-state index contributed by atoms with van der Waals surface area (Å²) in [5.74, 6) is 2.59. The minimum absolute atomic E-state index is 0.0595. The lowest BCUT2D eigenvalue weighted by molar-refractivity contribution is -0.118. The highest BCUT2D eigenvalue weighted by atomic mass is 32.1. The zero-order chi connectivity index (χ0) is 16.0. The predicted octanol–water partition coefficient (Wildman–Crippen LogP) is 2.92. The second kappa shape index (κ2) is 5.74. The van der Waals surface area contributed by atoms with Crippen molar-refractivity contribution in [2.45, 2.75) is 45.4 Å². The van der Waals surface area contributed by atoms with Gasteiger partial charge >= 0.3 is 0 Å². The number of hydrogen-bond donors (Lipinski definition) is 1.